The summed E-state index contributed by atoms with van der Waals surface area (Å²) < 4.78 is 0. The van der Waals surface area contributed by atoms with Gasteiger partial charge in [-0.15, -0.1) is 0 Å². The van der Waals surface area contributed by atoms with Gasteiger partial charge in [0.05, 0.1) is 11.4 Å². The third-order valence-corrected chi connectivity index (χ3v) is 5.12. The van der Waals surface area contributed by atoms with E-state index in [9.17, 15) is 5.11 Å². The van der Waals surface area contributed by atoms with Gasteiger partial charge < -0.3 is 10.4 Å². The first-order valence-electron chi connectivity index (χ1n) is 9.28. The summed E-state index contributed by atoms with van der Waals surface area (Å²) in [5.74, 6) is 0.595. The van der Waals surface area contributed by atoms with Crippen LogP contribution in [0.1, 0.15) is 38.8 Å². The van der Waals surface area contributed by atoms with Gasteiger partial charge in [0.15, 0.2) is 5.65 Å². The number of fused-ring (bicyclic) bond motifs is 1. The molecule has 4 heterocycles. The Bertz CT molecular complexity index is 906. The predicted octanol–water partition coefficient (Wildman–Crippen LogP) is 3.01. The molecule has 6 nitrogen and oxygen atoms in total. The Balaban J connectivity index is 1.67. The molecule has 3 N–H and O–H groups in total. The lowest BCUT2D eigenvalue weighted by molar-refractivity contribution is -0.0152. The summed E-state index contributed by atoms with van der Waals surface area (Å²) in [5.41, 5.74) is 2.10. The molecular weight excluding hydrogens is 326 g/mol. The number of pyridine rings is 2. The summed E-state index contributed by atoms with van der Waals surface area (Å²) in [6, 6.07) is 9.99. The Morgan fingerprint density at radius 2 is 2.15 bits per heavy atom. The second-order valence-corrected chi connectivity index (χ2v) is 7.65. The molecule has 1 fully saturated rings. The van der Waals surface area contributed by atoms with Gasteiger partial charge in [0.1, 0.15) is 11.3 Å². The number of rotatable bonds is 4. The molecule has 0 aromatic carbocycles. The van der Waals surface area contributed by atoms with Crippen molar-refractivity contribution in [1.29, 1.82) is 0 Å². The number of piperidine rings is 1. The summed E-state index contributed by atoms with van der Waals surface area (Å²) in [5, 5.41) is 23.1. The largest absolute Gasteiger partial charge is 0.383 e. The van der Waals surface area contributed by atoms with Gasteiger partial charge in [-0.3, -0.25) is 5.10 Å². The first kappa shape index (κ1) is 17.1. The average Bonchev–Trinajstić information content (AvgIpc) is 3.05. The lowest BCUT2D eigenvalue weighted by Gasteiger charge is -2.38. The van der Waals surface area contributed by atoms with Crippen molar-refractivity contribution in [3.8, 4) is 11.4 Å². The molecule has 0 amide bonds. The van der Waals surface area contributed by atoms with Crippen LogP contribution in [-0.4, -0.2) is 37.9 Å². The molecule has 0 saturated carbocycles. The van der Waals surface area contributed by atoms with E-state index in [2.05, 4.69) is 34.3 Å². The Labute approximate surface area is 153 Å². The van der Waals surface area contributed by atoms with E-state index in [1.165, 1.54) is 0 Å². The molecular formula is C20H25N5O. The summed E-state index contributed by atoms with van der Waals surface area (Å²) in [7, 11) is 0. The number of hydrogen-bond donors (Lipinski definition) is 3. The standard InChI is InChI=1S/C20H25N5O/c1-13(2)11-14-12-20(26,8-10-21-14)17-7-3-6-16(23-17)18-15-5-4-9-22-19(15)25-24-18/h3-7,9,13-14,21,26H,8,10-12H2,1-2H3,(H,22,24,25)/t14-,20?/m0/s1. The van der Waals surface area contributed by atoms with E-state index in [1.807, 2.05) is 30.3 Å². The van der Waals surface area contributed by atoms with E-state index >= 15 is 0 Å². The van der Waals surface area contributed by atoms with E-state index < -0.39 is 5.60 Å². The van der Waals surface area contributed by atoms with Crippen molar-refractivity contribution >= 4 is 11.0 Å². The number of nitrogens with one attached hydrogen (secondary N) is 2. The van der Waals surface area contributed by atoms with Crippen LogP contribution in [0.25, 0.3) is 22.4 Å². The van der Waals surface area contributed by atoms with Crippen molar-refractivity contribution in [2.24, 2.45) is 5.92 Å². The molecule has 0 aliphatic carbocycles. The summed E-state index contributed by atoms with van der Waals surface area (Å²) in [4.78, 5) is 9.07. The van der Waals surface area contributed by atoms with E-state index in [-0.39, 0.29) is 0 Å². The van der Waals surface area contributed by atoms with E-state index in [0.29, 0.717) is 24.8 Å². The molecule has 4 rings (SSSR count). The van der Waals surface area contributed by atoms with Gasteiger partial charge in [0.25, 0.3) is 0 Å². The zero-order chi connectivity index (χ0) is 18.1. The zero-order valence-electron chi connectivity index (χ0n) is 15.2. The summed E-state index contributed by atoms with van der Waals surface area (Å²) in [6.07, 6.45) is 4.14. The third kappa shape index (κ3) is 3.22. The first-order chi connectivity index (χ1) is 12.5. The molecule has 3 aromatic rings. The van der Waals surface area contributed by atoms with Gasteiger partial charge in [0.2, 0.25) is 0 Å². The molecule has 1 aliphatic rings. The van der Waals surface area contributed by atoms with Crippen molar-refractivity contribution < 1.29 is 5.11 Å². The molecule has 3 aromatic heterocycles. The second kappa shape index (κ2) is 6.78. The van der Waals surface area contributed by atoms with E-state index in [0.717, 1.165) is 41.1 Å². The SMILES string of the molecule is CC(C)C[C@H]1CC(O)(c2cccc(-c3n[nH]c4ncccc34)n2)CCN1. The molecule has 2 atom stereocenters. The number of H-pyrrole nitrogens is 1. The van der Waals surface area contributed by atoms with Crippen LogP contribution in [0.5, 0.6) is 0 Å². The number of aromatic nitrogens is 4. The van der Waals surface area contributed by atoms with Gasteiger partial charge in [-0.1, -0.05) is 19.9 Å². The van der Waals surface area contributed by atoms with Crippen LogP contribution in [0.15, 0.2) is 36.5 Å². The van der Waals surface area contributed by atoms with Crippen LogP contribution >= 0.6 is 0 Å². The fourth-order valence-electron chi connectivity index (χ4n) is 3.91. The predicted molar refractivity (Wildman–Crippen MR) is 101 cm³/mol. The van der Waals surface area contributed by atoms with Crippen molar-refractivity contribution in [1.82, 2.24) is 25.5 Å². The highest BCUT2D eigenvalue weighted by Gasteiger charge is 2.37. The van der Waals surface area contributed by atoms with Crippen LogP contribution < -0.4 is 5.32 Å². The molecule has 26 heavy (non-hydrogen) atoms. The molecule has 0 spiro atoms. The van der Waals surface area contributed by atoms with Gasteiger partial charge in [-0.25, -0.2) is 9.97 Å². The molecule has 1 saturated heterocycles. The van der Waals surface area contributed by atoms with Gasteiger partial charge in [-0.2, -0.15) is 5.10 Å². The molecule has 0 bridgehead atoms. The Hall–Kier alpha value is -2.31. The highest BCUT2D eigenvalue weighted by molar-refractivity contribution is 5.89. The van der Waals surface area contributed by atoms with Gasteiger partial charge in [0, 0.05) is 17.6 Å². The molecule has 1 aliphatic heterocycles. The number of hydrogen-bond acceptors (Lipinski definition) is 5. The average molecular weight is 351 g/mol. The maximum absolute atomic E-state index is 11.3. The normalized spacial score (nSPS) is 23.6. The molecule has 136 valence electrons. The monoisotopic (exact) mass is 351 g/mol. The topological polar surface area (TPSA) is 86.7 Å². The van der Waals surface area contributed by atoms with Crippen molar-refractivity contribution in [3.05, 3.63) is 42.2 Å². The Morgan fingerprint density at radius 1 is 1.27 bits per heavy atom. The third-order valence-electron chi connectivity index (χ3n) is 5.12. The maximum atomic E-state index is 11.3. The molecule has 6 heteroatoms. The number of aliphatic hydroxyl groups is 1. The first-order valence-corrected chi connectivity index (χ1v) is 9.28. The van der Waals surface area contributed by atoms with Gasteiger partial charge >= 0.3 is 0 Å². The Morgan fingerprint density at radius 3 is 3.00 bits per heavy atom. The lowest BCUT2D eigenvalue weighted by Crippen LogP contribution is -2.47. The summed E-state index contributed by atoms with van der Waals surface area (Å²) >= 11 is 0. The quantitative estimate of drug-likeness (QED) is 0.673. The van der Waals surface area contributed by atoms with Gasteiger partial charge in [-0.05, 0) is 56.0 Å². The van der Waals surface area contributed by atoms with Crippen LogP contribution in [0.3, 0.4) is 0 Å². The fourth-order valence-corrected chi connectivity index (χ4v) is 3.91. The van der Waals surface area contributed by atoms with Crippen molar-refractivity contribution in [2.75, 3.05) is 6.54 Å². The maximum Gasteiger partial charge on any atom is 0.155 e. The zero-order valence-corrected chi connectivity index (χ0v) is 15.2. The smallest absolute Gasteiger partial charge is 0.155 e. The lowest BCUT2D eigenvalue weighted by atomic mass is 9.82. The number of nitrogens with zero attached hydrogens (tertiary/aromatic N) is 3. The van der Waals surface area contributed by atoms with E-state index in [4.69, 9.17) is 4.98 Å². The highest BCUT2D eigenvalue weighted by Crippen LogP contribution is 2.34. The van der Waals surface area contributed by atoms with E-state index in [1.54, 1.807) is 6.20 Å². The molecule has 1 unspecified atom stereocenters. The second-order valence-electron chi connectivity index (χ2n) is 7.65. The summed E-state index contributed by atoms with van der Waals surface area (Å²) in [6.45, 7) is 5.23. The van der Waals surface area contributed by atoms with Crippen LogP contribution in [-0.2, 0) is 5.60 Å². The minimum Gasteiger partial charge on any atom is -0.383 e. The minimum absolute atomic E-state index is 0.314. The highest BCUT2D eigenvalue weighted by atomic mass is 16.3. The Kier molecular flexibility index (Phi) is 4.46. The number of aromatic amines is 1. The minimum atomic E-state index is -0.898. The fraction of sp³-hybridized carbons (Fsp3) is 0.450. The van der Waals surface area contributed by atoms with Crippen molar-refractivity contribution in [3.63, 3.8) is 0 Å². The molecule has 0 radical (unpaired) electrons. The van der Waals surface area contributed by atoms with Crippen LogP contribution in [0.2, 0.25) is 0 Å². The van der Waals surface area contributed by atoms with Crippen molar-refractivity contribution in [2.45, 2.75) is 44.8 Å². The van der Waals surface area contributed by atoms with Crippen LogP contribution in [0.4, 0.5) is 0 Å². The van der Waals surface area contributed by atoms with Crippen LogP contribution in [0, 0.1) is 5.92 Å².